The molecule has 1 aromatic heterocycles. The maximum absolute atomic E-state index is 13.9. The first kappa shape index (κ1) is 36.8. The van der Waals surface area contributed by atoms with Crippen molar-refractivity contribution < 1.29 is 44.0 Å². The van der Waals surface area contributed by atoms with Gasteiger partial charge in [0, 0.05) is 30.0 Å². The van der Waals surface area contributed by atoms with Crippen LogP contribution in [0.5, 0.6) is 0 Å². The van der Waals surface area contributed by atoms with Crippen molar-refractivity contribution in [1.82, 2.24) is 15.6 Å². The Bertz CT molecular complexity index is 1660. The van der Waals surface area contributed by atoms with Crippen LogP contribution < -0.4 is 16.4 Å². The third kappa shape index (κ3) is 7.22. The van der Waals surface area contributed by atoms with Crippen molar-refractivity contribution in [3.05, 3.63) is 65.2 Å². The van der Waals surface area contributed by atoms with Gasteiger partial charge in [-0.1, -0.05) is 55.9 Å². The number of thioether (sulfide) groups is 1. The lowest BCUT2D eigenvalue weighted by atomic mass is 9.56. The first-order valence-corrected chi connectivity index (χ1v) is 18.8. The number of fused-ring (bicyclic) bond motifs is 3. The predicted octanol–water partition coefficient (Wildman–Crippen LogP) is 3.13. The molecule has 6 atom stereocenters. The monoisotopic (exact) mass is 722 g/mol. The molecule has 14 heteroatoms. The second-order valence-electron chi connectivity index (χ2n) is 14.6. The van der Waals surface area contributed by atoms with Gasteiger partial charge in [0.25, 0.3) is 0 Å². The molecular weight excluding hydrogens is 676 g/mol. The molecule has 6 rings (SSSR count). The summed E-state index contributed by atoms with van der Waals surface area (Å²) in [7, 11) is 0. The number of amides is 2. The number of ether oxygens (including phenoxy) is 1. The minimum Gasteiger partial charge on any atom is -0.480 e. The van der Waals surface area contributed by atoms with Gasteiger partial charge in [0.05, 0.1) is 4.75 Å². The van der Waals surface area contributed by atoms with Crippen molar-refractivity contribution in [2.24, 2.45) is 22.5 Å². The van der Waals surface area contributed by atoms with Gasteiger partial charge in [0.2, 0.25) is 18.0 Å². The third-order valence-electron chi connectivity index (χ3n) is 11.4. The van der Waals surface area contributed by atoms with E-state index in [1.165, 1.54) is 17.3 Å². The van der Waals surface area contributed by atoms with E-state index in [1.54, 1.807) is 12.4 Å². The van der Waals surface area contributed by atoms with E-state index in [2.05, 4.69) is 33.8 Å². The second kappa shape index (κ2) is 14.9. The Morgan fingerprint density at radius 1 is 0.980 bits per heavy atom. The molecule has 5 aliphatic rings. The van der Waals surface area contributed by atoms with Crippen LogP contribution >= 0.6 is 11.8 Å². The van der Waals surface area contributed by atoms with Crippen LogP contribution in [-0.2, 0) is 35.1 Å². The molecule has 0 aromatic carbocycles. The van der Waals surface area contributed by atoms with Crippen LogP contribution in [0.3, 0.4) is 0 Å². The highest BCUT2D eigenvalue weighted by molar-refractivity contribution is 8.01. The van der Waals surface area contributed by atoms with E-state index in [0.29, 0.717) is 12.2 Å². The highest BCUT2D eigenvalue weighted by atomic mass is 32.2. The quantitative estimate of drug-likeness (QED) is 0.0983. The molecule has 2 bridgehead atoms. The van der Waals surface area contributed by atoms with Crippen molar-refractivity contribution in [2.45, 2.75) is 107 Å². The van der Waals surface area contributed by atoms with Crippen LogP contribution in [0.1, 0.15) is 82.6 Å². The Morgan fingerprint density at radius 2 is 1.67 bits per heavy atom. The fourth-order valence-corrected chi connectivity index (χ4v) is 10.6. The van der Waals surface area contributed by atoms with E-state index >= 15 is 0 Å². The number of nitrogens with zero attached hydrogens (tertiary/aromatic N) is 1. The maximum Gasteiger partial charge on any atom is 0.353 e. The van der Waals surface area contributed by atoms with E-state index in [-0.39, 0.29) is 30.0 Å². The summed E-state index contributed by atoms with van der Waals surface area (Å²) in [4.78, 5) is 67.2. The summed E-state index contributed by atoms with van der Waals surface area (Å²) in [5.41, 5.74) is 8.15. The summed E-state index contributed by atoms with van der Waals surface area (Å²) in [6.45, 7) is 0. The fourth-order valence-electron chi connectivity index (χ4n) is 8.92. The first-order valence-electron chi connectivity index (χ1n) is 17.8. The molecule has 274 valence electrons. The topological polar surface area (TPSA) is 218 Å². The van der Waals surface area contributed by atoms with Gasteiger partial charge in [0.1, 0.15) is 23.8 Å². The highest BCUT2D eigenvalue weighted by Crippen LogP contribution is 2.67. The van der Waals surface area contributed by atoms with Gasteiger partial charge in [-0.05, 0) is 73.6 Å². The number of pyridine rings is 1. The van der Waals surface area contributed by atoms with Crippen LogP contribution in [0.4, 0.5) is 0 Å². The Hall–Kier alpha value is -4.01. The van der Waals surface area contributed by atoms with Crippen molar-refractivity contribution in [3.63, 3.8) is 0 Å². The number of aromatic nitrogens is 1. The zero-order valence-corrected chi connectivity index (χ0v) is 29.3. The molecule has 0 saturated heterocycles. The van der Waals surface area contributed by atoms with Crippen LogP contribution in [0, 0.1) is 16.7 Å². The molecule has 2 heterocycles. The number of rotatable bonds is 13. The predicted molar refractivity (Wildman–Crippen MR) is 187 cm³/mol. The molecule has 1 saturated carbocycles. The summed E-state index contributed by atoms with van der Waals surface area (Å²) < 4.78 is 5.56. The molecule has 0 radical (unpaired) electrons. The Morgan fingerprint density at radius 3 is 2.35 bits per heavy atom. The molecule has 13 nitrogen and oxygen atoms in total. The van der Waals surface area contributed by atoms with Crippen molar-refractivity contribution in [1.29, 1.82) is 0 Å². The standard InChI is InChI=1S/C37H46N4O9S/c38-25(32(45)46)6-7-27(42)40-26(30(43)41-31(44)33(47)48)21-51-37-15-14-35(10-2-1-3-11-36(37)12-4-5-13-36)20-23(18-22-8-16-39-17-9-22)19-24-28(35)29(37)50-34(24)49/h8-9,14-17,19,24-26,31,44H,1-7,10-13,18,20-21,38H2,(H,40,42)(H,41,43)(H,45,46)(H,47,48)/t24-,25-,26-,31-,35-,37+/m0/s1. The largest absolute Gasteiger partial charge is 0.480 e. The molecule has 1 aromatic rings. The van der Waals surface area contributed by atoms with Crippen molar-refractivity contribution >= 4 is 41.5 Å². The molecule has 2 spiro atoms. The minimum absolute atomic E-state index is 0.0455. The molecular formula is C37H46N4O9S. The minimum atomic E-state index is -2.21. The molecule has 7 N–H and O–H groups in total. The van der Waals surface area contributed by atoms with E-state index in [1.807, 2.05) is 12.1 Å². The lowest BCUT2D eigenvalue weighted by Crippen LogP contribution is -2.54. The number of esters is 1. The van der Waals surface area contributed by atoms with Crippen LogP contribution in [0.25, 0.3) is 0 Å². The van der Waals surface area contributed by atoms with Gasteiger partial charge < -0.3 is 36.4 Å². The smallest absolute Gasteiger partial charge is 0.353 e. The molecule has 1 fully saturated rings. The molecule has 1 aliphatic heterocycles. The maximum atomic E-state index is 13.9. The number of aliphatic carboxylic acids is 2. The number of aliphatic hydroxyl groups is 1. The van der Waals surface area contributed by atoms with Gasteiger partial charge in [-0.3, -0.25) is 24.2 Å². The molecule has 0 unspecified atom stereocenters. The fraction of sp³-hybridized carbons (Fsp3) is 0.568. The number of nitrogens with one attached hydrogen (secondary N) is 2. The number of carboxylic acids is 2. The highest BCUT2D eigenvalue weighted by Gasteiger charge is 2.63. The van der Waals surface area contributed by atoms with Crippen LogP contribution in [0.15, 0.2) is 59.7 Å². The number of nitrogens with two attached hydrogens (primary N) is 1. The zero-order chi connectivity index (χ0) is 36.4. The van der Waals surface area contributed by atoms with E-state index in [9.17, 15) is 34.2 Å². The van der Waals surface area contributed by atoms with E-state index in [0.717, 1.165) is 75.3 Å². The molecule has 4 aliphatic carbocycles. The summed E-state index contributed by atoms with van der Waals surface area (Å²) in [6.07, 6.45) is 17.4. The van der Waals surface area contributed by atoms with Gasteiger partial charge >= 0.3 is 17.9 Å². The average Bonchev–Trinajstić information content (AvgIpc) is 3.72. The van der Waals surface area contributed by atoms with Crippen molar-refractivity contribution in [3.8, 4) is 0 Å². The Labute approximate surface area is 300 Å². The van der Waals surface area contributed by atoms with Gasteiger partial charge in [-0.15, -0.1) is 11.8 Å². The van der Waals surface area contributed by atoms with Gasteiger partial charge in [-0.2, -0.15) is 0 Å². The number of hydrogen-bond donors (Lipinski definition) is 6. The number of carboxylic acid groups (broad SMARTS) is 2. The molecule has 2 amide bonds. The van der Waals surface area contributed by atoms with E-state index in [4.69, 9.17) is 15.6 Å². The summed E-state index contributed by atoms with van der Waals surface area (Å²) in [5.74, 6) is -4.78. The third-order valence-corrected chi connectivity index (χ3v) is 13.1. The average molecular weight is 723 g/mol. The second-order valence-corrected chi connectivity index (χ2v) is 15.9. The summed E-state index contributed by atoms with van der Waals surface area (Å²) in [5, 5.41) is 33.1. The summed E-state index contributed by atoms with van der Waals surface area (Å²) >= 11 is 1.40. The zero-order valence-electron chi connectivity index (χ0n) is 28.5. The Balaban J connectivity index is 1.38. The number of carbonyl (C=O) groups excluding carboxylic acids is 3. The van der Waals surface area contributed by atoms with Crippen LogP contribution in [-0.4, -0.2) is 78.8 Å². The van der Waals surface area contributed by atoms with Crippen molar-refractivity contribution in [2.75, 3.05) is 5.75 Å². The number of aliphatic hydroxyl groups excluding tert-OH is 1. The normalized spacial score (nSPS) is 27.9. The number of allylic oxidation sites excluding steroid dienone is 2. The lowest BCUT2D eigenvalue weighted by molar-refractivity contribution is -0.151. The van der Waals surface area contributed by atoms with Gasteiger partial charge in [0.15, 0.2) is 0 Å². The van der Waals surface area contributed by atoms with E-state index < -0.39 is 58.1 Å². The first-order chi connectivity index (χ1) is 24.4. The lowest BCUT2D eigenvalue weighted by Gasteiger charge is -2.53. The van der Waals surface area contributed by atoms with Crippen LogP contribution in [0.2, 0.25) is 0 Å². The number of carbonyl (C=O) groups is 5. The number of hydrogen-bond acceptors (Lipinski definition) is 10. The SMILES string of the molecule is N[C@@H](CCC(=O)N[C@@H](CS[C@@]12C=C[C@@]3(CCCCCC14CCCC4)CC(Cc1ccncc1)=C[C@@H]1C(=O)OC2=C13)C(=O)N[C@@H](O)C(=O)O)C(=O)O. The Kier molecular flexibility index (Phi) is 10.8. The summed E-state index contributed by atoms with van der Waals surface area (Å²) in [6, 6.07) is 1.38. The molecule has 51 heavy (non-hydrogen) atoms. The van der Waals surface area contributed by atoms with Gasteiger partial charge in [-0.25, -0.2) is 4.79 Å².